The number of nitrogens with two attached hydrogens (primary N) is 1. The Kier molecular flexibility index (Phi) is 2.02. The summed E-state index contributed by atoms with van der Waals surface area (Å²) in [5.41, 5.74) is 2.85. The zero-order valence-corrected chi connectivity index (χ0v) is 6.59. The molecule has 7 heteroatoms. The van der Waals surface area contributed by atoms with Gasteiger partial charge in [0.1, 0.15) is 5.56 Å². The van der Waals surface area contributed by atoms with E-state index in [2.05, 4.69) is 5.10 Å². The third-order valence-electron chi connectivity index (χ3n) is 1.37. The van der Waals surface area contributed by atoms with Crippen LogP contribution >= 0.6 is 0 Å². The second-order valence-corrected chi connectivity index (χ2v) is 2.43. The Morgan fingerprint density at radius 2 is 2.15 bits per heavy atom. The van der Waals surface area contributed by atoms with Crippen LogP contribution in [-0.2, 0) is 13.2 Å². The molecule has 0 unspecified atom stereocenters. The normalized spacial score (nSPS) is 11.7. The van der Waals surface area contributed by atoms with Crippen molar-refractivity contribution in [2.45, 2.75) is 6.18 Å². The monoisotopic (exact) mass is 193 g/mol. The summed E-state index contributed by atoms with van der Waals surface area (Å²) in [4.78, 5) is 10.5. The third-order valence-corrected chi connectivity index (χ3v) is 1.37. The van der Waals surface area contributed by atoms with Gasteiger partial charge in [0.05, 0.1) is 0 Å². The van der Waals surface area contributed by atoms with Crippen LogP contribution in [0.15, 0.2) is 6.20 Å². The van der Waals surface area contributed by atoms with Crippen LogP contribution in [0.3, 0.4) is 0 Å². The molecule has 0 aliphatic rings. The first-order valence-corrected chi connectivity index (χ1v) is 3.23. The van der Waals surface area contributed by atoms with E-state index in [1.54, 1.807) is 0 Å². The number of aryl methyl sites for hydroxylation is 1. The van der Waals surface area contributed by atoms with Gasteiger partial charge in [-0.2, -0.15) is 18.3 Å². The Morgan fingerprint density at radius 1 is 1.62 bits per heavy atom. The lowest BCUT2D eigenvalue weighted by molar-refractivity contribution is -0.138. The highest BCUT2D eigenvalue weighted by Gasteiger charge is 2.37. The molecule has 0 atom stereocenters. The summed E-state index contributed by atoms with van der Waals surface area (Å²) in [6.07, 6.45) is -3.89. The van der Waals surface area contributed by atoms with E-state index < -0.39 is 23.3 Å². The van der Waals surface area contributed by atoms with E-state index in [0.29, 0.717) is 6.20 Å². The van der Waals surface area contributed by atoms with Crippen molar-refractivity contribution in [1.82, 2.24) is 9.78 Å². The van der Waals surface area contributed by atoms with Crippen LogP contribution in [0, 0.1) is 0 Å². The molecule has 0 radical (unpaired) electrons. The average molecular weight is 193 g/mol. The Hall–Kier alpha value is -1.53. The van der Waals surface area contributed by atoms with E-state index in [1.807, 2.05) is 0 Å². The first-order chi connectivity index (χ1) is 5.82. The number of nitrogens with zero attached hydrogens (tertiary/aromatic N) is 2. The molecule has 1 aromatic rings. The molecule has 1 rings (SSSR count). The van der Waals surface area contributed by atoms with Crippen LogP contribution in [0.1, 0.15) is 16.1 Å². The van der Waals surface area contributed by atoms with Gasteiger partial charge in [0.2, 0.25) is 0 Å². The van der Waals surface area contributed by atoms with Gasteiger partial charge in [-0.25, -0.2) is 0 Å². The molecule has 0 fully saturated rings. The molecule has 0 saturated carbocycles. The number of hydrogen-bond donors (Lipinski definition) is 1. The predicted molar refractivity (Wildman–Crippen MR) is 36.7 cm³/mol. The predicted octanol–water partition coefficient (Wildman–Crippen LogP) is 0.538. The van der Waals surface area contributed by atoms with E-state index in [-0.39, 0.29) is 0 Å². The van der Waals surface area contributed by atoms with E-state index in [0.717, 1.165) is 4.68 Å². The van der Waals surface area contributed by atoms with Crippen molar-refractivity contribution < 1.29 is 18.0 Å². The first kappa shape index (κ1) is 9.56. The van der Waals surface area contributed by atoms with E-state index in [1.165, 1.54) is 7.05 Å². The Balaban J connectivity index is 3.28. The van der Waals surface area contributed by atoms with Crippen LogP contribution in [0.5, 0.6) is 0 Å². The highest BCUT2D eigenvalue weighted by Crippen LogP contribution is 2.30. The molecule has 1 amide bonds. The molecular weight excluding hydrogens is 187 g/mol. The number of aromatic nitrogens is 2. The molecule has 1 aromatic heterocycles. The van der Waals surface area contributed by atoms with Gasteiger partial charge in [-0.15, -0.1) is 0 Å². The zero-order valence-electron chi connectivity index (χ0n) is 6.59. The second-order valence-electron chi connectivity index (χ2n) is 2.43. The number of amides is 1. The SMILES string of the molecule is Cn1cc(C(F)(F)F)c(C(N)=O)n1. The van der Waals surface area contributed by atoms with Crippen LogP contribution < -0.4 is 5.73 Å². The third kappa shape index (κ3) is 1.79. The molecule has 0 spiro atoms. The quantitative estimate of drug-likeness (QED) is 0.707. The van der Waals surface area contributed by atoms with Gasteiger partial charge in [-0.05, 0) is 0 Å². The van der Waals surface area contributed by atoms with Crippen LogP contribution in [-0.4, -0.2) is 15.7 Å². The zero-order chi connectivity index (χ0) is 10.2. The maximum Gasteiger partial charge on any atom is 0.420 e. The number of halogens is 3. The van der Waals surface area contributed by atoms with E-state index >= 15 is 0 Å². The largest absolute Gasteiger partial charge is 0.420 e. The molecule has 2 N–H and O–H groups in total. The molecule has 0 aromatic carbocycles. The molecule has 0 saturated heterocycles. The molecule has 72 valence electrons. The van der Waals surface area contributed by atoms with Crippen molar-refractivity contribution in [1.29, 1.82) is 0 Å². The van der Waals surface area contributed by atoms with Gasteiger partial charge in [0, 0.05) is 13.2 Å². The topological polar surface area (TPSA) is 60.9 Å². The lowest BCUT2D eigenvalue weighted by atomic mass is 10.2. The molecule has 0 bridgehead atoms. The number of hydrogen-bond acceptors (Lipinski definition) is 2. The number of carbonyl (C=O) groups excluding carboxylic acids is 1. The molecule has 0 aliphatic heterocycles. The fourth-order valence-corrected chi connectivity index (χ4v) is 0.878. The fraction of sp³-hybridized carbons (Fsp3) is 0.333. The van der Waals surface area contributed by atoms with E-state index in [9.17, 15) is 18.0 Å². The first-order valence-electron chi connectivity index (χ1n) is 3.23. The van der Waals surface area contributed by atoms with Crippen molar-refractivity contribution in [3.8, 4) is 0 Å². The van der Waals surface area contributed by atoms with Crippen molar-refractivity contribution in [2.75, 3.05) is 0 Å². The van der Waals surface area contributed by atoms with Gasteiger partial charge >= 0.3 is 6.18 Å². The maximum atomic E-state index is 12.2. The summed E-state index contributed by atoms with van der Waals surface area (Å²) in [7, 11) is 1.28. The van der Waals surface area contributed by atoms with E-state index in [4.69, 9.17) is 5.73 Å². The fourth-order valence-electron chi connectivity index (χ4n) is 0.878. The van der Waals surface area contributed by atoms with Gasteiger partial charge in [0.15, 0.2) is 5.69 Å². The van der Waals surface area contributed by atoms with Crippen LogP contribution in [0.2, 0.25) is 0 Å². The van der Waals surface area contributed by atoms with Crippen molar-refractivity contribution in [3.05, 3.63) is 17.5 Å². The highest BCUT2D eigenvalue weighted by molar-refractivity contribution is 5.92. The van der Waals surface area contributed by atoms with Gasteiger partial charge in [0.25, 0.3) is 5.91 Å². The standard InChI is InChI=1S/C6H6F3N3O/c1-12-2-3(6(7,8)9)4(11-12)5(10)13/h2H,1H3,(H2,10,13). The number of carbonyl (C=O) groups is 1. The van der Waals surface area contributed by atoms with Gasteiger partial charge in [-0.3, -0.25) is 9.48 Å². The molecule has 13 heavy (non-hydrogen) atoms. The summed E-state index contributed by atoms with van der Waals surface area (Å²) < 4.78 is 37.4. The Labute approximate surface area is 71.1 Å². The lowest BCUT2D eigenvalue weighted by Crippen LogP contribution is -2.18. The lowest BCUT2D eigenvalue weighted by Gasteiger charge is -2.02. The summed E-state index contributed by atoms with van der Waals surface area (Å²) in [6, 6.07) is 0. The van der Waals surface area contributed by atoms with Gasteiger partial charge in [-0.1, -0.05) is 0 Å². The Bertz CT molecular complexity index is 341. The highest BCUT2D eigenvalue weighted by atomic mass is 19.4. The maximum absolute atomic E-state index is 12.2. The molecular formula is C6H6F3N3O. The number of primary amides is 1. The molecule has 0 aliphatic carbocycles. The van der Waals surface area contributed by atoms with Crippen LogP contribution in [0.25, 0.3) is 0 Å². The number of rotatable bonds is 1. The average Bonchev–Trinajstić information content (AvgIpc) is 2.29. The van der Waals surface area contributed by atoms with Crippen molar-refractivity contribution in [3.63, 3.8) is 0 Å². The van der Waals surface area contributed by atoms with Crippen molar-refractivity contribution >= 4 is 5.91 Å². The summed E-state index contributed by atoms with van der Waals surface area (Å²) in [5.74, 6) is -1.19. The number of alkyl halides is 3. The Morgan fingerprint density at radius 3 is 2.46 bits per heavy atom. The smallest absolute Gasteiger partial charge is 0.364 e. The minimum absolute atomic E-state index is 0.708. The van der Waals surface area contributed by atoms with Gasteiger partial charge < -0.3 is 5.73 Å². The van der Waals surface area contributed by atoms with Crippen molar-refractivity contribution in [2.24, 2.45) is 12.8 Å². The summed E-state index contributed by atoms with van der Waals surface area (Å²) in [6.45, 7) is 0. The molecule has 1 heterocycles. The minimum Gasteiger partial charge on any atom is -0.364 e. The molecule has 4 nitrogen and oxygen atoms in total. The minimum atomic E-state index is -4.60. The summed E-state index contributed by atoms with van der Waals surface area (Å²) >= 11 is 0. The summed E-state index contributed by atoms with van der Waals surface area (Å²) in [5, 5.41) is 3.30. The van der Waals surface area contributed by atoms with Crippen LogP contribution in [0.4, 0.5) is 13.2 Å². The second kappa shape index (κ2) is 2.75.